The van der Waals surface area contributed by atoms with Crippen LogP contribution in [-0.2, 0) is 18.6 Å². The van der Waals surface area contributed by atoms with Crippen LogP contribution in [0.1, 0.15) is 69.2 Å². The normalized spacial score (nSPS) is 26.4. The van der Waals surface area contributed by atoms with Crippen LogP contribution >= 0.6 is 0 Å². The van der Waals surface area contributed by atoms with E-state index < -0.39 is 14.0 Å². The molecule has 2 heterocycles. The molecule has 0 unspecified atom stereocenters. The lowest BCUT2D eigenvalue weighted by molar-refractivity contribution is 0.00578. The van der Waals surface area contributed by atoms with Gasteiger partial charge in [-0.1, -0.05) is 33.3 Å². The molecule has 0 N–H and O–H groups in total. The zero-order valence-corrected chi connectivity index (χ0v) is 17.9. The van der Waals surface area contributed by atoms with Crippen LogP contribution in [0.15, 0.2) is 0 Å². The quantitative estimate of drug-likeness (QED) is 0.700. The Hall–Kier alpha value is 0.0348. The fourth-order valence-electron chi connectivity index (χ4n) is 2.00. The molecule has 0 bridgehead atoms. The Kier molecular flexibility index (Phi) is 6.42. The fraction of sp³-hybridized carbons (Fsp3) is 1.00. The molecular weight excluding hydrogens is 301 g/mol. The second-order valence-corrected chi connectivity index (χ2v) is 9.74. The van der Waals surface area contributed by atoms with Crippen molar-refractivity contribution in [3.8, 4) is 0 Å². The van der Waals surface area contributed by atoms with Gasteiger partial charge in [0.15, 0.2) is 0 Å². The van der Waals surface area contributed by atoms with E-state index in [9.17, 15) is 0 Å². The van der Waals surface area contributed by atoms with E-state index in [1.807, 2.05) is 55.4 Å². The van der Waals surface area contributed by atoms with Crippen LogP contribution in [-0.4, -0.2) is 43.1 Å². The maximum Gasteiger partial charge on any atom is 0.488 e. The molecule has 7 heteroatoms. The van der Waals surface area contributed by atoms with Crippen molar-refractivity contribution >= 4 is 20.7 Å². The van der Waals surface area contributed by atoms with Crippen molar-refractivity contribution in [2.45, 2.75) is 111 Å². The Balaban J connectivity index is 0.000000413. The standard InChI is InChI=1S/C12H24B2O4.C5H13B/c1-9(2)10(3,4)16-13(15-9)14-17-11(5,6)12(7,8)18-14;1-5(2)6(3)4/h1-8H3;5H,1-4H3. The van der Waals surface area contributed by atoms with Crippen LogP contribution in [0, 0.1) is 0 Å². The Morgan fingerprint density at radius 3 is 0.875 bits per heavy atom. The van der Waals surface area contributed by atoms with E-state index in [0.29, 0.717) is 0 Å². The predicted molar refractivity (Wildman–Crippen MR) is 105 cm³/mol. The Morgan fingerprint density at radius 1 is 0.583 bits per heavy atom. The van der Waals surface area contributed by atoms with Crippen LogP contribution in [0.2, 0.25) is 19.5 Å². The van der Waals surface area contributed by atoms with Crippen LogP contribution in [0.4, 0.5) is 0 Å². The Labute approximate surface area is 151 Å². The SMILES string of the molecule is CB(C)C(C)C.CC1(C)OB(B2OC(C)(C)C(C)(C)O2)OC1(C)C. The van der Waals surface area contributed by atoms with Gasteiger partial charge >= 0.3 is 14.0 Å². The van der Waals surface area contributed by atoms with Crippen molar-refractivity contribution in [2.75, 3.05) is 0 Å². The molecule has 0 aromatic heterocycles. The van der Waals surface area contributed by atoms with Crippen molar-refractivity contribution in [1.29, 1.82) is 0 Å². The summed E-state index contributed by atoms with van der Waals surface area (Å²) in [7, 11) is -0.952. The van der Waals surface area contributed by atoms with Crippen LogP contribution < -0.4 is 0 Å². The highest BCUT2D eigenvalue weighted by Crippen LogP contribution is 2.42. The Bertz CT molecular complexity index is 362. The van der Waals surface area contributed by atoms with E-state index in [1.54, 1.807) is 0 Å². The molecule has 0 spiro atoms. The van der Waals surface area contributed by atoms with Gasteiger partial charge in [0.25, 0.3) is 0 Å². The van der Waals surface area contributed by atoms with Gasteiger partial charge < -0.3 is 18.6 Å². The first-order valence-corrected chi connectivity index (χ1v) is 9.24. The first kappa shape index (κ1) is 22.1. The highest BCUT2D eigenvalue weighted by molar-refractivity contribution is 7.11. The van der Waals surface area contributed by atoms with E-state index >= 15 is 0 Å². The van der Waals surface area contributed by atoms with Gasteiger partial charge in [-0.25, -0.2) is 0 Å². The van der Waals surface area contributed by atoms with Crippen molar-refractivity contribution in [1.82, 2.24) is 0 Å². The van der Waals surface area contributed by atoms with Gasteiger partial charge in [-0.3, -0.25) is 0 Å². The molecule has 2 aliphatic rings. The summed E-state index contributed by atoms with van der Waals surface area (Å²) in [6.07, 6.45) is 0. The molecule has 0 amide bonds. The van der Waals surface area contributed by atoms with Gasteiger partial charge in [0.05, 0.1) is 22.4 Å². The zero-order valence-electron chi connectivity index (χ0n) is 17.9. The van der Waals surface area contributed by atoms with E-state index in [2.05, 4.69) is 27.5 Å². The minimum absolute atomic E-state index is 0.360. The maximum atomic E-state index is 5.96. The third-order valence-corrected chi connectivity index (χ3v) is 6.10. The fourth-order valence-corrected chi connectivity index (χ4v) is 2.00. The molecule has 2 fully saturated rings. The van der Waals surface area contributed by atoms with Gasteiger partial charge in [0.2, 0.25) is 0 Å². The number of rotatable bonds is 2. The predicted octanol–water partition coefficient (Wildman–Crippen LogP) is 4.40. The Morgan fingerprint density at radius 2 is 0.750 bits per heavy atom. The largest absolute Gasteiger partial charge is 0.488 e. The summed E-state index contributed by atoms with van der Waals surface area (Å²) in [6, 6.07) is 0. The summed E-state index contributed by atoms with van der Waals surface area (Å²) in [5, 5.41) is 0. The second kappa shape index (κ2) is 6.98. The summed E-state index contributed by atoms with van der Waals surface area (Å²) < 4.78 is 23.8. The van der Waals surface area contributed by atoms with Crippen LogP contribution in [0.25, 0.3) is 0 Å². The molecule has 0 aromatic rings. The molecule has 2 saturated heterocycles. The van der Waals surface area contributed by atoms with Gasteiger partial charge in [0.1, 0.15) is 6.71 Å². The molecule has 0 radical (unpaired) electrons. The van der Waals surface area contributed by atoms with Gasteiger partial charge in [0, 0.05) is 0 Å². The molecule has 0 aliphatic carbocycles. The third-order valence-electron chi connectivity index (χ3n) is 6.10. The topological polar surface area (TPSA) is 36.9 Å². The lowest BCUT2D eigenvalue weighted by Gasteiger charge is -2.32. The molecule has 24 heavy (non-hydrogen) atoms. The molecule has 4 nitrogen and oxygen atoms in total. The monoisotopic (exact) mass is 338 g/mol. The van der Waals surface area contributed by atoms with Crippen molar-refractivity contribution < 1.29 is 18.6 Å². The highest BCUT2D eigenvalue weighted by atomic mass is 16.7. The highest BCUT2D eigenvalue weighted by Gasteiger charge is 2.63. The van der Waals surface area contributed by atoms with Crippen LogP contribution in [0.3, 0.4) is 0 Å². The van der Waals surface area contributed by atoms with Crippen molar-refractivity contribution in [2.24, 2.45) is 0 Å². The van der Waals surface area contributed by atoms with Gasteiger partial charge in [-0.05, 0) is 55.4 Å². The molecular formula is C17H37B3O4. The molecule has 0 saturated carbocycles. The second-order valence-electron chi connectivity index (χ2n) is 9.74. The van der Waals surface area contributed by atoms with E-state index in [0.717, 1.165) is 12.5 Å². The summed E-state index contributed by atoms with van der Waals surface area (Å²) in [5.74, 6) is 0.852. The molecule has 138 valence electrons. The first-order chi connectivity index (χ1) is 10.5. The maximum absolute atomic E-state index is 5.96. The van der Waals surface area contributed by atoms with Gasteiger partial charge in [-0.15, -0.1) is 0 Å². The van der Waals surface area contributed by atoms with E-state index in [1.165, 1.54) is 0 Å². The molecule has 2 aliphatic heterocycles. The number of hydrogen-bond acceptors (Lipinski definition) is 4. The zero-order chi connectivity index (χ0) is 19.1. The third kappa shape index (κ3) is 4.60. The number of hydrogen-bond donors (Lipinski definition) is 0. The summed E-state index contributed by atoms with van der Waals surface area (Å²) >= 11 is 0. The lowest BCUT2D eigenvalue weighted by Crippen LogP contribution is -2.41. The molecule has 0 atom stereocenters. The van der Waals surface area contributed by atoms with Crippen molar-refractivity contribution in [3.05, 3.63) is 0 Å². The summed E-state index contributed by atoms with van der Waals surface area (Å²) in [5.41, 5.74) is -1.44. The first-order valence-electron chi connectivity index (χ1n) is 9.24. The van der Waals surface area contributed by atoms with Crippen LogP contribution in [0.5, 0.6) is 0 Å². The average molecular weight is 338 g/mol. The smallest absolute Gasteiger partial charge is 0.405 e. The lowest BCUT2D eigenvalue weighted by atomic mass is 9.46. The van der Waals surface area contributed by atoms with E-state index in [-0.39, 0.29) is 22.4 Å². The van der Waals surface area contributed by atoms with E-state index in [4.69, 9.17) is 18.6 Å². The minimum Gasteiger partial charge on any atom is -0.405 e. The summed E-state index contributed by atoms with van der Waals surface area (Å²) in [6.45, 7) is 26.0. The molecule has 2 rings (SSSR count). The van der Waals surface area contributed by atoms with Gasteiger partial charge in [-0.2, -0.15) is 0 Å². The average Bonchev–Trinajstić information content (AvgIpc) is 2.70. The minimum atomic E-state index is -0.476. The molecule has 0 aromatic carbocycles. The van der Waals surface area contributed by atoms with Crippen molar-refractivity contribution in [3.63, 3.8) is 0 Å². The summed E-state index contributed by atoms with van der Waals surface area (Å²) in [4.78, 5) is 0.